The van der Waals surface area contributed by atoms with Crippen molar-refractivity contribution in [3.05, 3.63) is 56.8 Å². The normalized spacial score (nSPS) is 17.0. The zero-order valence-corrected chi connectivity index (χ0v) is 13.6. The van der Waals surface area contributed by atoms with Crippen LogP contribution in [0.15, 0.2) is 29.6 Å². The first-order chi connectivity index (χ1) is 10.8. The molecule has 1 aliphatic heterocycles. The summed E-state index contributed by atoms with van der Waals surface area (Å²) in [4.78, 5) is 16.1. The third-order valence-corrected chi connectivity index (χ3v) is 5.95. The van der Waals surface area contributed by atoms with Crippen LogP contribution < -0.4 is 0 Å². The maximum Gasteiger partial charge on any atom is 0.227 e. The Morgan fingerprint density at radius 3 is 2.82 bits per heavy atom. The van der Waals surface area contributed by atoms with E-state index in [0.717, 1.165) is 19.5 Å². The third kappa shape index (κ3) is 2.70. The molecule has 114 valence electrons. The first-order valence-electron chi connectivity index (χ1n) is 8.23. The van der Waals surface area contributed by atoms with Crippen LogP contribution in [0.25, 0.3) is 0 Å². The molecule has 0 atom stereocenters. The quantitative estimate of drug-likeness (QED) is 0.827. The fourth-order valence-corrected chi connectivity index (χ4v) is 4.53. The van der Waals surface area contributed by atoms with Crippen molar-refractivity contribution in [2.24, 2.45) is 0 Å². The van der Waals surface area contributed by atoms with Crippen LogP contribution in [0.1, 0.15) is 40.0 Å². The first kappa shape index (κ1) is 14.0. The van der Waals surface area contributed by atoms with Crippen molar-refractivity contribution in [1.29, 1.82) is 0 Å². The van der Waals surface area contributed by atoms with Crippen LogP contribution in [0.4, 0.5) is 0 Å². The van der Waals surface area contributed by atoms with E-state index >= 15 is 0 Å². The van der Waals surface area contributed by atoms with E-state index in [2.05, 4.69) is 29.6 Å². The molecule has 1 aromatic heterocycles. The Morgan fingerprint density at radius 2 is 1.91 bits per heavy atom. The van der Waals surface area contributed by atoms with Gasteiger partial charge in [0.1, 0.15) is 0 Å². The molecule has 0 bridgehead atoms. The summed E-state index contributed by atoms with van der Waals surface area (Å²) in [5, 5.41) is 2.14. The summed E-state index contributed by atoms with van der Waals surface area (Å²) in [5.74, 6) is 0.271. The second-order valence-electron chi connectivity index (χ2n) is 6.42. The van der Waals surface area contributed by atoms with Gasteiger partial charge in [-0.05, 0) is 65.8 Å². The van der Waals surface area contributed by atoms with Crippen molar-refractivity contribution in [3.63, 3.8) is 0 Å². The van der Waals surface area contributed by atoms with E-state index in [1.54, 1.807) is 0 Å². The van der Waals surface area contributed by atoms with Crippen LogP contribution in [-0.4, -0.2) is 17.4 Å². The van der Waals surface area contributed by atoms with Crippen LogP contribution in [0.2, 0.25) is 0 Å². The van der Waals surface area contributed by atoms with E-state index in [1.165, 1.54) is 52.8 Å². The van der Waals surface area contributed by atoms with Gasteiger partial charge in [0.15, 0.2) is 0 Å². The highest BCUT2D eigenvalue weighted by molar-refractivity contribution is 7.10. The maximum atomic E-state index is 12.6. The van der Waals surface area contributed by atoms with Crippen LogP contribution in [0.5, 0.6) is 0 Å². The standard InChI is InChI=1S/C19H21NOS/c21-19(20-9-7-18-17(13-20)8-10-22-18)12-14-5-6-15-3-1-2-4-16(15)11-14/h5-6,8,10-11H,1-4,7,9,12-13H2. The molecule has 22 heavy (non-hydrogen) atoms. The molecule has 0 fully saturated rings. The van der Waals surface area contributed by atoms with Gasteiger partial charge in [-0.2, -0.15) is 0 Å². The lowest BCUT2D eigenvalue weighted by molar-refractivity contribution is -0.131. The van der Waals surface area contributed by atoms with Gasteiger partial charge in [0.05, 0.1) is 6.42 Å². The van der Waals surface area contributed by atoms with Gasteiger partial charge in [-0.1, -0.05) is 18.2 Å². The molecule has 2 heterocycles. The summed E-state index contributed by atoms with van der Waals surface area (Å²) < 4.78 is 0. The fourth-order valence-electron chi connectivity index (χ4n) is 3.64. The molecule has 3 heteroatoms. The number of amides is 1. The number of hydrogen-bond acceptors (Lipinski definition) is 2. The third-order valence-electron chi connectivity index (χ3n) is 4.93. The summed E-state index contributed by atoms with van der Waals surface area (Å²) in [6.45, 7) is 1.67. The van der Waals surface area contributed by atoms with Crippen molar-refractivity contribution in [3.8, 4) is 0 Å². The first-order valence-corrected chi connectivity index (χ1v) is 9.11. The number of carbonyl (C=O) groups is 1. The molecule has 0 N–H and O–H groups in total. The lowest BCUT2D eigenvalue weighted by Gasteiger charge is -2.27. The smallest absolute Gasteiger partial charge is 0.227 e. The molecule has 0 unspecified atom stereocenters. The van der Waals surface area contributed by atoms with E-state index in [-0.39, 0.29) is 5.91 Å². The second-order valence-corrected chi connectivity index (χ2v) is 7.42. The highest BCUT2D eigenvalue weighted by Gasteiger charge is 2.21. The highest BCUT2D eigenvalue weighted by atomic mass is 32.1. The van der Waals surface area contributed by atoms with Gasteiger partial charge in [-0.25, -0.2) is 0 Å². The zero-order valence-electron chi connectivity index (χ0n) is 12.8. The van der Waals surface area contributed by atoms with E-state index in [1.807, 2.05) is 16.2 Å². The molecule has 0 spiro atoms. The average Bonchev–Trinajstić information content (AvgIpc) is 3.02. The van der Waals surface area contributed by atoms with Gasteiger partial charge in [0, 0.05) is 18.0 Å². The van der Waals surface area contributed by atoms with Gasteiger partial charge < -0.3 is 4.90 Å². The van der Waals surface area contributed by atoms with Crippen molar-refractivity contribution in [1.82, 2.24) is 4.90 Å². The zero-order chi connectivity index (χ0) is 14.9. The topological polar surface area (TPSA) is 20.3 Å². The van der Waals surface area contributed by atoms with Crippen molar-refractivity contribution >= 4 is 17.2 Å². The number of benzene rings is 1. The number of aryl methyl sites for hydroxylation is 2. The number of rotatable bonds is 2. The van der Waals surface area contributed by atoms with E-state index in [4.69, 9.17) is 0 Å². The Bertz CT molecular complexity index is 703. The Kier molecular flexibility index (Phi) is 3.75. The van der Waals surface area contributed by atoms with E-state index in [9.17, 15) is 4.79 Å². The molecule has 0 saturated carbocycles. The Hall–Kier alpha value is -1.61. The number of hydrogen-bond donors (Lipinski definition) is 0. The van der Waals surface area contributed by atoms with Gasteiger partial charge in [-0.3, -0.25) is 4.79 Å². The number of fused-ring (bicyclic) bond motifs is 2. The van der Waals surface area contributed by atoms with Gasteiger partial charge in [0.2, 0.25) is 5.91 Å². The Balaban J connectivity index is 1.46. The van der Waals surface area contributed by atoms with Gasteiger partial charge >= 0.3 is 0 Å². The molecule has 2 aromatic rings. The molecular weight excluding hydrogens is 290 g/mol. The highest BCUT2D eigenvalue weighted by Crippen LogP contribution is 2.25. The fraction of sp³-hybridized carbons (Fsp3) is 0.421. The molecule has 0 radical (unpaired) electrons. The molecule has 1 aromatic carbocycles. The average molecular weight is 311 g/mol. The van der Waals surface area contributed by atoms with Crippen LogP contribution in [0, 0.1) is 0 Å². The minimum Gasteiger partial charge on any atom is -0.338 e. The summed E-state index contributed by atoms with van der Waals surface area (Å²) in [6, 6.07) is 8.83. The van der Waals surface area contributed by atoms with Gasteiger partial charge in [-0.15, -0.1) is 11.3 Å². The predicted molar refractivity (Wildman–Crippen MR) is 90.2 cm³/mol. The van der Waals surface area contributed by atoms with Gasteiger partial charge in [0.25, 0.3) is 0 Å². The summed E-state index contributed by atoms with van der Waals surface area (Å²) in [5.41, 5.74) is 5.48. The largest absolute Gasteiger partial charge is 0.338 e. The van der Waals surface area contributed by atoms with Crippen LogP contribution in [0.3, 0.4) is 0 Å². The predicted octanol–water partition coefficient (Wildman–Crippen LogP) is 3.75. The molecule has 1 aliphatic carbocycles. The monoisotopic (exact) mass is 311 g/mol. The molecular formula is C19H21NOS. The SMILES string of the molecule is O=C(Cc1ccc2c(c1)CCCC2)N1CCc2sccc2C1. The van der Waals surface area contributed by atoms with Crippen molar-refractivity contribution in [2.75, 3.05) is 6.54 Å². The molecule has 1 amide bonds. The molecule has 2 nitrogen and oxygen atoms in total. The number of nitrogens with zero attached hydrogens (tertiary/aromatic N) is 1. The molecule has 0 saturated heterocycles. The summed E-state index contributed by atoms with van der Waals surface area (Å²) in [6.07, 6.45) is 6.55. The van der Waals surface area contributed by atoms with Crippen LogP contribution >= 0.6 is 11.3 Å². The Labute approximate surface area is 135 Å². The number of carbonyl (C=O) groups excluding carboxylic acids is 1. The van der Waals surface area contributed by atoms with E-state index < -0.39 is 0 Å². The summed E-state index contributed by atoms with van der Waals surface area (Å²) in [7, 11) is 0. The van der Waals surface area contributed by atoms with Crippen molar-refractivity contribution < 1.29 is 4.79 Å². The van der Waals surface area contributed by atoms with E-state index in [0.29, 0.717) is 6.42 Å². The maximum absolute atomic E-state index is 12.6. The lowest BCUT2D eigenvalue weighted by Crippen LogP contribution is -2.36. The second kappa shape index (κ2) is 5.88. The Morgan fingerprint density at radius 1 is 1.05 bits per heavy atom. The molecule has 4 rings (SSSR count). The summed E-state index contributed by atoms with van der Waals surface area (Å²) >= 11 is 1.82. The minimum absolute atomic E-state index is 0.271. The number of thiophene rings is 1. The lowest BCUT2D eigenvalue weighted by atomic mass is 9.90. The molecule has 2 aliphatic rings. The van der Waals surface area contributed by atoms with Crippen molar-refractivity contribution in [2.45, 2.75) is 45.1 Å². The van der Waals surface area contributed by atoms with Crippen LogP contribution in [-0.2, 0) is 37.0 Å². The minimum atomic E-state index is 0.271.